The van der Waals surface area contributed by atoms with E-state index in [-0.39, 0.29) is 4.75 Å². The van der Waals surface area contributed by atoms with Crippen molar-refractivity contribution in [3.63, 3.8) is 0 Å². The molecule has 2 unspecified atom stereocenters. The molecule has 1 aliphatic carbocycles. The molecule has 0 amide bonds. The highest BCUT2D eigenvalue weighted by Crippen LogP contribution is 2.56. The van der Waals surface area contributed by atoms with Crippen molar-refractivity contribution in [2.45, 2.75) is 22.5 Å². The molecule has 2 aliphatic rings. The lowest BCUT2D eigenvalue weighted by atomic mass is 9.82. The molecular formula is C33H23NS. The second-order valence-electron chi connectivity index (χ2n) is 9.99. The van der Waals surface area contributed by atoms with Crippen molar-refractivity contribution in [3.05, 3.63) is 115 Å². The van der Waals surface area contributed by atoms with Gasteiger partial charge in [-0.1, -0.05) is 85.0 Å². The summed E-state index contributed by atoms with van der Waals surface area (Å²) >= 11 is 1.99. The molecule has 1 N–H and O–H groups in total. The standard InChI is InChI=1S/C33H23NS/c1-33-17-7-6-12-27(33)26-18-21(14-16-30(26)35-33)25-19-29-32(24-11-5-4-10-23(24)25)31-22-9-3-2-8-20(22)13-15-28(31)34-29/h2-19,27,34H,1H3. The highest BCUT2D eigenvalue weighted by atomic mass is 32.2. The van der Waals surface area contributed by atoms with Crippen LogP contribution in [0.3, 0.4) is 0 Å². The average molecular weight is 466 g/mol. The molecule has 0 bridgehead atoms. The molecule has 0 spiro atoms. The average Bonchev–Trinajstić information content (AvgIpc) is 3.42. The predicted octanol–water partition coefficient (Wildman–Crippen LogP) is 9.37. The molecule has 35 heavy (non-hydrogen) atoms. The lowest BCUT2D eigenvalue weighted by molar-refractivity contribution is 0.702. The fourth-order valence-corrected chi connectivity index (χ4v) is 7.68. The summed E-state index contributed by atoms with van der Waals surface area (Å²) in [5.41, 5.74) is 6.42. The van der Waals surface area contributed by atoms with Gasteiger partial charge in [0, 0.05) is 37.4 Å². The Balaban J connectivity index is 1.43. The highest BCUT2D eigenvalue weighted by molar-refractivity contribution is 8.01. The molecular weight excluding hydrogens is 442 g/mol. The molecule has 8 rings (SSSR count). The van der Waals surface area contributed by atoms with Crippen molar-refractivity contribution in [1.29, 1.82) is 0 Å². The van der Waals surface area contributed by atoms with Gasteiger partial charge in [-0.3, -0.25) is 0 Å². The first-order chi connectivity index (χ1) is 17.2. The molecule has 1 aliphatic heterocycles. The minimum atomic E-state index is 0.111. The third kappa shape index (κ3) is 2.66. The Kier molecular flexibility index (Phi) is 3.85. The first-order valence-electron chi connectivity index (χ1n) is 12.2. The van der Waals surface area contributed by atoms with Crippen LogP contribution in [0.2, 0.25) is 0 Å². The number of allylic oxidation sites excluding steroid dienone is 3. The van der Waals surface area contributed by atoms with Gasteiger partial charge < -0.3 is 4.98 Å². The van der Waals surface area contributed by atoms with E-state index in [4.69, 9.17) is 0 Å². The normalized spacial score (nSPS) is 20.8. The number of hydrogen-bond acceptors (Lipinski definition) is 1. The number of H-pyrrole nitrogens is 1. The number of thioether (sulfide) groups is 1. The van der Waals surface area contributed by atoms with Crippen LogP contribution < -0.4 is 0 Å². The summed E-state index contributed by atoms with van der Waals surface area (Å²) in [6.07, 6.45) is 9.12. The Bertz CT molecular complexity index is 1900. The summed E-state index contributed by atoms with van der Waals surface area (Å²) in [5, 5.41) is 7.84. The van der Waals surface area contributed by atoms with Gasteiger partial charge in [-0.15, -0.1) is 11.8 Å². The lowest BCUT2D eigenvalue weighted by Crippen LogP contribution is -2.22. The van der Waals surface area contributed by atoms with E-state index in [0.29, 0.717) is 5.92 Å². The maximum atomic E-state index is 3.75. The molecule has 2 atom stereocenters. The van der Waals surface area contributed by atoms with Crippen molar-refractivity contribution in [3.8, 4) is 11.1 Å². The highest BCUT2D eigenvalue weighted by Gasteiger charge is 2.41. The zero-order chi connectivity index (χ0) is 23.1. The van der Waals surface area contributed by atoms with Crippen LogP contribution in [0.4, 0.5) is 0 Å². The Morgan fingerprint density at radius 2 is 1.54 bits per heavy atom. The molecule has 0 saturated carbocycles. The second kappa shape index (κ2) is 6.90. The van der Waals surface area contributed by atoms with Crippen LogP contribution in [-0.4, -0.2) is 9.73 Å². The fourth-order valence-electron chi connectivity index (χ4n) is 6.29. The van der Waals surface area contributed by atoms with Gasteiger partial charge in [0.05, 0.1) is 0 Å². The van der Waals surface area contributed by atoms with Gasteiger partial charge in [0.15, 0.2) is 0 Å². The molecule has 0 fully saturated rings. The number of hydrogen-bond donors (Lipinski definition) is 1. The molecule has 1 nitrogen and oxygen atoms in total. The Hall–Kier alpha value is -3.75. The van der Waals surface area contributed by atoms with E-state index in [9.17, 15) is 0 Å². The third-order valence-corrected chi connectivity index (χ3v) is 9.36. The summed E-state index contributed by atoms with van der Waals surface area (Å²) in [6, 6.07) is 31.5. The van der Waals surface area contributed by atoms with Gasteiger partial charge in [-0.05, 0) is 69.4 Å². The number of aromatic nitrogens is 1. The summed E-state index contributed by atoms with van der Waals surface area (Å²) in [4.78, 5) is 5.15. The molecule has 1 aromatic heterocycles. The van der Waals surface area contributed by atoms with Gasteiger partial charge in [0.2, 0.25) is 0 Å². The Labute approximate surface area is 208 Å². The smallest absolute Gasteiger partial charge is 0.0477 e. The van der Waals surface area contributed by atoms with Crippen LogP contribution in [0.1, 0.15) is 18.4 Å². The van der Waals surface area contributed by atoms with Crippen LogP contribution in [0.5, 0.6) is 0 Å². The maximum absolute atomic E-state index is 3.75. The van der Waals surface area contributed by atoms with E-state index in [1.807, 2.05) is 11.8 Å². The van der Waals surface area contributed by atoms with Crippen LogP contribution in [-0.2, 0) is 0 Å². The second-order valence-corrected chi connectivity index (χ2v) is 11.5. The van der Waals surface area contributed by atoms with E-state index in [0.717, 1.165) is 0 Å². The first-order valence-corrected chi connectivity index (χ1v) is 13.1. The van der Waals surface area contributed by atoms with Gasteiger partial charge in [-0.2, -0.15) is 0 Å². The molecule has 2 heteroatoms. The van der Waals surface area contributed by atoms with Crippen molar-refractivity contribution in [1.82, 2.24) is 4.98 Å². The van der Waals surface area contributed by atoms with Crippen LogP contribution in [0.25, 0.3) is 54.5 Å². The Morgan fingerprint density at radius 3 is 2.46 bits per heavy atom. The van der Waals surface area contributed by atoms with Gasteiger partial charge >= 0.3 is 0 Å². The molecule has 166 valence electrons. The van der Waals surface area contributed by atoms with Crippen LogP contribution >= 0.6 is 11.8 Å². The summed E-state index contributed by atoms with van der Waals surface area (Å²) in [5.74, 6) is 0.418. The van der Waals surface area contributed by atoms with Crippen molar-refractivity contribution in [2.75, 3.05) is 0 Å². The van der Waals surface area contributed by atoms with E-state index < -0.39 is 0 Å². The minimum Gasteiger partial charge on any atom is -0.354 e. The van der Waals surface area contributed by atoms with Crippen molar-refractivity contribution >= 4 is 55.1 Å². The van der Waals surface area contributed by atoms with Crippen molar-refractivity contribution in [2.24, 2.45) is 0 Å². The quantitative estimate of drug-likeness (QED) is 0.256. The van der Waals surface area contributed by atoms with Crippen LogP contribution in [0.15, 0.2) is 114 Å². The topological polar surface area (TPSA) is 15.8 Å². The van der Waals surface area contributed by atoms with Crippen molar-refractivity contribution < 1.29 is 0 Å². The predicted molar refractivity (Wildman–Crippen MR) is 152 cm³/mol. The summed E-state index contributed by atoms with van der Waals surface area (Å²) in [7, 11) is 0. The van der Waals surface area contributed by atoms with E-state index >= 15 is 0 Å². The van der Waals surface area contributed by atoms with E-state index in [1.54, 1.807) is 0 Å². The molecule has 6 aromatic rings. The minimum absolute atomic E-state index is 0.111. The zero-order valence-corrected chi connectivity index (χ0v) is 20.2. The maximum Gasteiger partial charge on any atom is 0.0477 e. The fraction of sp³-hybridized carbons (Fsp3) is 0.0909. The number of nitrogens with one attached hydrogen (secondary N) is 1. The van der Waals surface area contributed by atoms with Gasteiger partial charge in [-0.25, -0.2) is 0 Å². The molecule has 0 radical (unpaired) electrons. The third-order valence-electron chi connectivity index (χ3n) is 7.94. The number of benzene rings is 5. The summed E-state index contributed by atoms with van der Waals surface area (Å²) in [6.45, 7) is 2.36. The zero-order valence-electron chi connectivity index (χ0n) is 19.4. The number of fused-ring (bicyclic) bond motifs is 10. The van der Waals surface area contributed by atoms with Gasteiger partial charge in [0.1, 0.15) is 0 Å². The number of aromatic amines is 1. The molecule has 5 aromatic carbocycles. The summed E-state index contributed by atoms with van der Waals surface area (Å²) < 4.78 is 0.111. The van der Waals surface area contributed by atoms with Crippen LogP contribution in [0, 0.1) is 0 Å². The molecule has 2 heterocycles. The molecule has 0 saturated heterocycles. The number of rotatable bonds is 1. The van der Waals surface area contributed by atoms with E-state index in [1.165, 1.54) is 64.9 Å². The first kappa shape index (κ1) is 19.5. The van der Waals surface area contributed by atoms with Gasteiger partial charge in [0.25, 0.3) is 0 Å². The lowest BCUT2D eigenvalue weighted by Gasteiger charge is -2.27. The monoisotopic (exact) mass is 465 g/mol. The largest absolute Gasteiger partial charge is 0.354 e. The Morgan fingerprint density at radius 1 is 0.743 bits per heavy atom. The van der Waals surface area contributed by atoms with E-state index in [2.05, 4.69) is 121 Å². The SMILES string of the molecule is CC12C=CC=CC1c1cc(-c3cc4[nH]c5ccc6ccccc6c5c4c4ccccc34)ccc1S2.